The average Bonchev–Trinajstić information content (AvgIpc) is 3.24. The molecule has 0 amide bonds. The Morgan fingerprint density at radius 1 is 1.17 bits per heavy atom. The summed E-state index contributed by atoms with van der Waals surface area (Å²) in [5.74, 6) is 1.80. The van der Waals surface area contributed by atoms with E-state index in [2.05, 4.69) is 26.7 Å². The Labute approximate surface area is 142 Å². The smallest absolute Gasteiger partial charge is 0.143 e. The molecule has 24 heavy (non-hydrogen) atoms. The molecule has 0 fully saturated rings. The Morgan fingerprint density at radius 3 is 3.00 bits per heavy atom. The van der Waals surface area contributed by atoms with Gasteiger partial charge in [0.25, 0.3) is 0 Å². The molecule has 1 aliphatic rings. The summed E-state index contributed by atoms with van der Waals surface area (Å²) in [7, 11) is 0. The molecule has 4 rings (SSSR count). The van der Waals surface area contributed by atoms with Gasteiger partial charge in [0.05, 0.1) is 18.7 Å². The third-order valence-corrected chi connectivity index (χ3v) is 4.47. The fraction of sp³-hybridized carbons (Fsp3) is 0.300. The molecule has 0 atom stereocenters. The molecular formula is C20H21N3O. The minimum absolute atomic E-state index is 0.645. The van der Waals surface area contributed by atoms with Crippen LogP contribution in [-0.4, -0.2) is 21.1 Å². The molecular weight excluding hydrogens is 298 g/mol. The van der Waals surface area contributed by atoms with Crippen LogP contribution in [0.15, 0.2) is 48.9 Å². The molecule has 2 aromatic heterocycles. The van der Waals surface area contributed by atoms with Crippen molar-refractivity contribution in [3.63, 3.8) is 0 Å². The Balaban J connectivity index is 1.66. The topological polar surface area (TPSA) is 39.9 Å². The largest absolute Gasteiger partial charge is 0.493 e. The summed E-state index contributed by atoms with van der Waals surface area (Å²) >= 11 is 0. The first-order valence-electron chi connectivity index (χ1n) is 8.55. The summed E-state index contributed by atoms with van der Waals surface area (Å²) in [4.78, 5) is 9.19. The predicted octanol–water partition coefficient (Wildman–Crippen LogP) is 3.88. The number of rotatable bonds is 5. The van der Waals surface area contributed by atoms with E-state index in [1.165, 1.54) is 23.2 Å². The van der Waals surface area contributed by atoms with Gasteiger partial charge in [-0.3, -0.25) is 4.98 Å². The van der Waals surface area contributed by atoms with Crippen molar-refractivity contribution in [2.24, 2.45) is 0 Å². The number of imidazole rings is 1. The second-order valence-corrected chi connectivity index (χ2v) is 6.11. The highest BCUT2D eigenvalue weighted by molar-refractivity contribution is 5.64. The van der Waals surface area contributed by atoms with Gasteiger partial charge in [0, 0.05) is 24.3 Å². The summed E-state index contributed by atoms with van der Waals surface area (Å²) in [6.45, 7) is 3.42. The van der Waals surface area contributed by atoms with Crippen molar-refractivity contribution in [1.29, 1.82) is 0 Å². The molecule has 1 aromatic carbocycles. The van der Waals surface area contributed by atoms with Crippen molar-refractivity contribution >= 4 is 0 Å². The Kier molecular flexibility index (Phi) is 4.03. The van der Waals surface area contributed by atoms with E-state index in [1.54, 1.807) is 0 Å². The number of aryl methyl sites for hydroxylation is 2. The van der Waals surface area contributed by atoms with Gasteiger partial charge in [-0.25, -0.2) is 4.98 Å². The van der Waals surface area contributed by atoms with Gasteiger partial charge in [0.1, 0.15) is 11.6 Å². The molecule has 1 aliphatic carbocycles. The zero-order chi connectivity index (χ0) is 16.4. The van der Waals surface area contributed by atoms with E-state index in [1.807, 2.05) is 43.7 Å². The van der Waals surface area contributed by atoms with Gasteiger partial charge in [-0.05, 0) is 49.4 Å². The number of hydrogen-bond donors (Lipinski definition) is 0. The van der Waals surface area contributed by atoms with Crippen LogP contribution in [0.3, 0.4) is 0 Å². The number of fused-ring (bicyclic) bond motifs is 1. The van der Waals surface area contributed by atoms with Crippen LogP contribution in [0.25, 0.3) is 11.4 Å². The highest BCUT2D eigenvalue weighted by atomic mass is 16.5. The monoisotopic (exact) mass is 319 g/mol. The third kappa shape index (κ3) is 2.80. The molecule has 2 heterocycles. The SMILES string of the molecule is CCOc1ccccc1-c1nccn1Cc1cnc2c(c1)CCC2. The van der Waals surface area contributed by atoms with E-state index in [0.717, 1.165) is 36.5 Å². The summed E-state index contributed by atoms with van der Waals surface area (Å²) in [6.07, 6.45) is 9.37. The van der Waals surface area contributed by atoms with Gasteiger partial charge in [-0.1, -0.05) is 18.2 Å². The van der Waals surface area contributed by atoms with E-state index in [-0.39, 0.29) is 0 Å². The summed E-state index contributed by atoms with van der Waals surface area (Å²) in [5.41, 5.74) is 4.93. The van der Waals surface area contributed by atoms with Gasteiger partial charge >= 0.3 is 0 Å². The van der Waals surface area contributed by atoms with E-state index in [0.29, 0.717) is 6.61 Å². The van der Waals surface area contributed by atoms with E-state index < -0.39 is 0 Å². The number of benzene rings is 1. The summed E-state index contributed by atoms with van der Waals surface area (Å²) in [6, 6.07) is 10.4. The molecule has 0 N–H and O–H groups in total. The summed E-state index contributed by atoms with van der Waals surface area (Å²) in [5, 5.41) is 0. The molecule has 3 aromatic rings. The maximum absolute atomic E-state index is 5.76. The molecule has 4 nitrogen and oxygen atoms in total. The van der Waals surface area contributed by atoms with Crippen molar-refractivity contribution in [2.75, 3.05) is 6.61 Å². The number of hydrogen-bond acceptors (Lipinski definition) is 3. The number of pyridine rings is 1. The van der Waals surface area contributed by atoms with Gasteiger partial charge in [0.15, 0.2) is 0 Å². The van der Waals surface area contributed by atoms with Crippen LogP contribution in [-0.2, 0) is 19.4 Å². The molecule has 0 bridgehead atoms. The van der Waals surface area contributed by atoms with Gasteiger partial charge < -0.3 is 9.30 Å². The van der Waals surface area contributed by atoms with Crippen LogP contribution in [0.4, 0.5) is 0 Å². The first kappa shape index (κ1) is 14.9. The van der Waals surface area contributed by atoms with Gasteiger partial charge in [-0.15, -0.1) is 0 Å². The first-order chi connectivity index (χ1) is 11.8. The van der Waals surface area contributed by atoms with Crippen molar-refractivity contribution in [1.82, 2.24) is 14.5 Å². The number of para-hydroxylation sites is 1. The Bertz CT molecular complexity index is 854. The van der Waals surface area contributed by atoms with Gasteiger partial charge in [-0.2, -0.15) is 0 Å². The lowest BCUT2D eigenvalue weighted by Gasteiger charge is -2.12. The molecule has 122 valence electrons. The second kappa shape index (κ2) is 6.48. The molecule has 0 spiro atoms. The van der Waals surface area contributed by atoms with Crippen molar-refractivity contribution in [3.05, 3.63) is 65.7 Å². The number of ether oxygens (including phenoxy) is 1. The highest BCUT2D eigenvalue weighted by Crippen LogP contribution is 2.29. The van der Waals surface area contributed by atoms with E-state index >= 15 is 0 Å². The van der Waals surface area contributed by atoms with Crippen LogP contribution in [0, 0.1) is 0 Å². The fourth-order valence-corrected chi connectivity index (χ4v) is 3.37. The third-order valence-electron chi connectivity index (χ3n) is 4.47. The summed E-state index contributed by atoms with van der Waals surface area (Å²) < 4.78 is 7.92. The molecule has 4 heteroatoms. The minimum atomic E-state index is 0.645. The lowest BCUT2D eigenvalue weighted by Crippen LogP contribution is -2.04. The molecule has 0 radical (unpaired) electrons. The Hall–Kier alpha value is -2.62. The lowest BCUT2D eigenvalue weighted by atomic mass is 10.1. The van der Waals surface area contributed by atoms with Gasteiger partial charge in [0.2, 0.25) is 0 Å². The van der Waals surface area contributed by atoms with Crippen molar-refractivity contribution in [3.8, 4) is 17.1 Å². The second-order valence-electron chi connectivity index (χ2n) is 6.11. The zero-order valence-corrected chi connectivity index (χ0v) is 13.9. The van der Waals surface area contributed by atoms with E-state index in [9.17, 15) is 0 Å². The first-order valence-corrected chi connectivity index (χ1v) is 8.55. The van der Waals surface area contributed by atoms with Crippen molar-refractivity contribution in [2.45, 2.75) is 32.7 Å². The number of nitrogens with zero attached hydrogens (tertiary/aromatic N) is 3. The zero-order valence-electron chi connectivity index (χ0n) is 13.9. The number of aromatic nitrogens is 3. The fourth-order valence-electron chi connectivity index (χ4n) is 3.37. The Morgan fingerprint density at radius 2 is 2.08 bits per heavy atom. The maximum atomic E-state index is 5.76. The average molecular weight is 319 g/mol. The van der Waals surface area contributed by atoms with Crippen molar-refractivity contribution < 1.29 is 4.74 Å². The highest BCUT2D eigenvalue weighted by Gasteiger charge is 2.15. The standard InChI is InChI=1S/C20H21N3O/c1-2-24-19-9-4-3-7-17(19)20-21-10-11-23(20)14-15-12-16-6-5-8-18(16)22-13-15/h3-4,7,9-13H,2,5-6,8,14H2,1H3. The van der Waals surface area contributed by atoms with Crippen LogP contribution < -0.4 is 4.74 Å². The van der Waals surface area contributed by atoms with Crippen LogP contribution in [0.1, 0.15) is 30.2 Å². The van der Waals surface area contributed by atoms with E-state index in [4.69, 9.17) is 4.74 Å². The normalized spacial score (nSPS) is 13.0. The molecule has 0 saturated heterocycles. The van der Waals surface area contributed by atoms with Crippen LogP contribution >= 0.6 is 0 Å². The molecule has 0 saturated carbocycles. The minimum Gasteiger partial charge on any atom is -0.493 e. The van der Waals surface area contributed by atoms with Crippen LogP contribution in [0.2, 0.25) is 0 Å². The molecule has 0 unspecified atom stereocenters. The predicted molar refractivity (Wildman–Crippen MR) is 94.2 cm³/mol. The lowest BCUT2D eigenvalue weighted by molar-refractivity contribution is 0.341. The maximum Gasteiger partial charge on any atom is 0.143 e. The molecule has 0 aliphatic heterocycles. The quantitative estimate of drug-likeness (QED) is 0.716. The van der Waals surface area contributed by atoms with Crippen LogP contribution in [0.5, 0.6) is 5.75 Å².